The van der Waals surface area contributed by atoms with E-state index in [1.807, 2.05) is 28.4 Å². The van der Waals surface area contributed by atoms with Crippen molar-refractivity contribution < 1.29 is 4.74 Å². The van der Waals surface area contributed by atoms with Crippen molar-refractivity contribution in [3.8, 4) is 5.75 Å². The molecule has 0 unspecified atom stereocenters. The zero-order valence-electron chi connectivity index (χ0n) is 7.96. The van der Waals surface area contributed by atoms with Crippen LogP contribution in [0.3, 0.4) is 0 Å². The maximum absolute atomic E-state index is 5.24. The van der Waals surface area contributed by atoms with Crippen LogP contribution in [0.25, 0.3) is 0 Å². The first-order valence-corrected chi connectivity index (χ1v) is 6.15. The summed E-state index contributed by atoms with van der Waals surface area (Å²) in [5.74, 6) is 1.52. The van der Waals surface area contributed by atoms with Crippen LogP contribution in [-0.4, -0.2) is 45.4 Å². The van der Waals surface area contributed by atoms with Gasteiger partial charge in [0.2, 0.25) is 0 Å². The van der Waals surface area contributed by atoms with E-state index in [4.69, 9.17) is 4.74 Å². The summed E-state index contributed by atoms with van der Waals surface area (Å²) < 4.78 is 7.69. The molecule has 0 saturated carbocycles. The molecule has 1 aromatic rings. The van der Waals surface area contributed by atoms with Crippen molar-refractivity contribution in [1.82, 2.24) is 0 Å². The Labute approximate surface area is 101 Å². The molecule has 1 aromatic carbocycles. The van der Waals surface area contributed by atoms with Gasteiger partial charge in [0, 0.05) is 0 Å². The van der Waals surface area contributed by atoms with Crippen LogP contribution < -0.4 is 12.8 Å². The predicted octanol–water partition coefficient (Wildman–Crippen LogP) is 0.406. The van der Waals surface area contributed by atoms with Gasteiger partial charge in [-0.2, -0.15) is 0 Å². The normalized spacial score (nSPS) is 10.5. The minimum absolute atomic E-state index is 0.558. The van der Waals surface area contributed by atoms with Crippen molar-refractivity contribution in [2.75, 3.05) is 7.11 Å². The fraction of sp³-hybridized carbons (Fsp3) is 0.400. The van der Waals surface area contributed by atoms with E-state index >= 15 is 0 Å². The molecule has 0 amide bonds. The first kappa shape index (κ1) is 11.4. The van der Waals surface area contributed by atoms with E-state index in [1.54, 1.807) is 7.11 Å². The van der Waals surface area contributed by atoms with Gasteiger partial charge in [-0.15, -0.1) is 0 Å². The standard InChI is InChI=1S/C10H12OSeTe/c1-6(2)7-4-5-8(11-3)10(13)9(7)12/h4-6H,1-3H3. The number of methoxy groups -OCH3 is 1. The summed E-state index contributed by atoms with van der Waals surface area (Å²) in [6.45, 7) is 4.40. The van der Waals surface area contributed by atoms with Gasteiger partial charge in [-0.05, 0) is 0 Å². The summed E-state index contributed by atoms with van der Waals surface area (Å²) in [5.41, 5.74) is 1.36. The molecule has 0 aliphatic carbocycles. The quantitative estimate of drug-likeness (QED) is 0.699. The van der Waals surface area contributed by atoms with E-state index in [0.717, 1.165) is 5.75 Å². The number of benzene rings is 1. The van der Waals surface area contributed by atoms with Gasteiger partial charge >= 0.3 is 101 Å². The summed E-state index contributed by atoms with van der Waals surface area (Å²) in [5, 5.41) is 0. The SMILES string of the molecule is COc1ccc(C(C)C)c([Se])c1[Te]. The molecular weight excluding hydrogens is 343 g/mol. The third kappa shape index (κ3) is 2.42. The molecule has 0 aliphatic heterocycles. The Morgan fingerprint density at radius 3 is 2.46 bits per heavy atom. The van der Waals surface area contributed by atoms with Gasteiger partial charge in [0.15, 0.2) is 0 Å². The molecule has 13 heavy (non-hydrogen) atoms. The average molecular weight is 355 g/mol. The van der Waals surface area contributed by atoms with Crippen LogP contribution in [0.5, 0.6) is 5.75 Å². The fourth-order valence-electron chi connectivity index (χ4n) is 1.18. The number of hydrogen-bond acceptors (Lipinski definition) is 1. The molecule has 70 valence electrons. The van der Waals surface area contributed by atoms with Gasteiger partial charge in [-0.3, -0.25) is 0 Å². The Hall–Kier alpha value is 0.329. The predicted molar refractivity (Wildman–Crippen MR) is 57.9 cm³/mol. The van der Waals surface area contributed by atoms with Crippen LogP contribution in [0.2, 0.25) is 0 Å². The zero-order chi connectivity index (χ0) is 10.0. The molecule has 0 saturated heterocycles. The van der Waals surface area contributed by atoms with E-state index in [9.17, 15) is 0 Å². The minimum atomic E-state index is 0.558. The molecule has 0 aliphatic rings. The Balaban J connectivity index is 3.23. The monoisotopic (exact) mass is 358 g/mol. The number of ether oxygens (including phenoxy) is 1. The van der Waals surface area contributed by atoms with Crippen molar-refractivity contribution >= 4 is 46.4 Å². The molecular formula is C10H12OSeTe. The van der Waals surface area contributed by atoms with Crippen LogP contribution >= 0.6 is 0 Å². The van der Waals surface area contributed by atoms with Crippen LogP contribution in [0.1, 0.15) is 25.3 Å². The Morgan fingerprint density at radius 2 is 2.00 bits per heavy atom. The van der Waals surface area contributed by atoms with Crippen molar-refractivity contribution in [2.45, 2.75) is 19.8 Å². The fourth-order valence-corrected chi connectivity index (χ4v) is 2.79. The topological polar surface area (TPSA) is 9.23 Å². The van der Waals surface area contributed by atoms with Crippen LogP contribution in [-0.2, 0) is 0 Å². The van der Waals surface area contributed by atoms with Crippen molar-refractivity contribution in [2.24, 2.45) is 0 Å². The molecule has 3 heteroatoms. The first-order chi connectivity index (χ1) is 6.07. The molecule has 0 spiro atoms. The summed E-state index contributed by atoms with van der Waals surface area (Å²) in [4.78, 5) is 0. The van der Waals surface area contributed by atoms with Gasteiger partial charge in [-0.25, -0.2) is 0 Å². The van der Waals surface area contributed by atoms with Gasteiger partial charge < -0.3 is 0 Å². The number of rotatable bonds is 2. The van der Waals surface area contributed by atoms with Gasteiger partial charge in [0.25, 0.3) is 0 Å². The Kier molecular flexibility index (Phi) is 4.13. The molecule has 0 N–H and O–H groups in total. The average Bonchev–Trinajstić information content (AvgIpc) is 2.09. The molecule has 1 rings (SSSR count). The van der Waals surface area contributed by atoms with Gasteiger partial charge in [0.05, 0.1) is 0 Å². The van der Waals surface area contributed by atoms with Crippen molar-refractivity contribution in [3.63, 3.8) is 0 Å². The van der Waals surface area contributed by atoms with E-state index in [0.29, 0.717) is 5.92 Å². The van der Waals surface area contributed by atoms with Crippen LogP contribution in [0.15, 0.2) is 12.1 Å². The summed E-state index contributed by atoms with van der Waals surface area (Å²) in [6, 6.07) is 4.16. The van der Waals surface area contributed by atoms with Gasteiger partial charge in [-0.1, -0.05) is 0 Å². The van der Waals surface area contributed by atoms with E-state index in [1.165, 1.54) is 13.6 Å². The Morgan fingerprint density at radius 1 is 1.38 bits per heavy atom. The molecule has 2 radical (unpaired) electrons. The summed E-state index contributed by atoms with van der Waals surface area (Å²) in [7, 11) is 1.71. The van der Waals surface area contributed by atoms with Crippen LogP contribution in [0.4, 0.5) is 0 Å². The maximum atomic E-state index is 5.24. The Bertz CT molecular complexity index is 310. The number of hydrogen-bond donors (Lipinski definition) is 0. The van der Waals surface area contributed by atoms with E-state index < -0.39 is 0 Å². The molecule has 0 heterocycles. The second-order valence-electron chi connectivity index (χ2n) is 3.17. The van der Waals surface area contributed by atoms with E-state index in [2.05, 4.69) is 35.9 Å². The molecule has 0 fully saturated rings. The molecule has 0 aromatic heterocycles. The first-order valence-electron chi connectivity index (χ1n) is 4.12. The summed E-state index contributed by atoms with van der Waals surface area (Å²) in [6.07, 6.45) is 0. The van der Waals surface area contributed by atoms with Crippen LogP contribution in [0, 0.1) is 0 Å². The second kappa shape index (κ2) is 4.71. The van der Waals surface area contributed by atoms with Gasteiger partial charge in [0.1, 0.15) is 0 Å². The summed E-state index contributed by atoms with van der Waals surface area (Å²) >= 11 is 5.12. The van der Waals surface area contributed by atoms with Crippen molar-refractivity contribution in [1.29, 1.82) is 0 Å². The van der Waals surface area contributed by atoms with Crippen molar-refractivity contribution in [3.05, 3.63) is 17.7 Å². The second-order valence-corrected chi connectivity index (χ2v) is 5.19. The molecule has 0 bridgehead atoms. The molecule has 0 atom stereocenters. The molecule has 1 nitrogen and oxygen atoms in total. The van der Waals surface area contributed by atoms with E-state index in [-0.39, 0.29) is 0 Å². The zero-order valence-corrected chi connectivity index (χ0v) is 12.0. The third-order valence-corrected chi connectivity index (χ3v) is 4.93. The third-order valence-electron chi connectivity index (χ3n) is 1.95.